The maximum Gasteiger partial charge on any atom is 0.119 e. The number of hydrogen-bond acceptors (Lipinski definition) is 1. The molecule has 11 heavy (non-hydrogen) atoms. The van der Waals surface area contributed by atoms with Crippen LogP contribution in [0.3, 0.4) is 0 Å². The van der Waals surface area contributed by atoms with E-state index in [1.54, 1.807) is 0 Å². The Kier molecular flexibility index (Phi) is 3.17. The lowest BCUT2D eigenvalue weighted by atomic mass is 10.3. The third kappa shape index (κ3) is 3.10. The summed E-state index contributed by atoms with van der Waals surface area (Å²) in [6.07, 6.45) is 0.259. The van der Waals surface area contributed by atoms with E-state index in [9.17, 15) is 0 Å². The van der Waals surface area contributed by atoms with E-state index >= 15 is 0 Å². The number of hydrogen-bond donors (Lipinski definition) is 0. The van der Waals surface area contributed by atoms with E-state index in [0.29, 0.717) is 0 Å². The number of benzene rings is 1. The molecule has 2 heteroatoms. The molecule has 60 valence electrons. The van der Waals surface area contributed by atoms with Gasteiger partial charge in [0.1, 0.15) is 5.75 Å². The van der Waals surface area contributed by atoms with E-state index in [1.807, 2.05) is 38.1 Å². The second kappa shape index (κ2) is 3.95. The molecule has 0 N–H and O–H groups in total. The second-order valence-electron chi connectivity index (χ2n) is 2.62. The summed E-state index contributed by atoms with van der Waals surface area (Å²) < 4.78 is 6.70. The molecular weight excluding hydrogens is 251 g/mol. The molecule has 0 fully saturated rings. The molecule has 0 aromatic heterocycles. The molecule has 0 heterocycles. The van der Waals surface area contributed by atoms with Gasteiger partial charge in [0.15, 0.2) is 0 Å². The van der Waals surface area contributed by atoms with E-state index in [4.69, 9.17) is 4.74 Å². The summed E-state index contributed by atoms with van der Waals surface area (Å²) in [5.74, 6) is 0.945. The molecule has 1 rings (SSSR count). The number of rotatable bonds is 2. The molecule has 1 aromatic carbocycles. The van der Waals surface area contributed by atoms with Crippen LogP contribution in [0.4, 0.5) is 0 Å². The zero-order valence-corrected chi connectivity index (χ0v) is 8.83. The van der Waals surface area contributed by atoms with E-state index < -0.39 is 0 Å². The van der Waals surface area contributed by atoms with Crippen LogP contribution in [0.25, 0.3) is 0 Å². The van der Waals surface area contributed by atoms with Crippen LogP contribution in [0.5, 0.6) is 5.75 Å². The first-order chi connectivity index (χ1) is 5.18. The maximum absolute atomic E-state index is 5.47. The fourth-order valence-corrected chi connectivity index (χ4v) is 1.14. The van der Waals surface area contributed by atoms with E-state index in [2.05, 4.69) is 22.6 Å². The van der Waals surface area contributed by atoms with Gasteiger partial charge in [0.05, 0.1) is 6.10 Å². The smallest absolute Gasteiger partial charge is 0.119 e. The van der Waals surface area contributed by atoms with Gasteiger partial charge in [-0.3, -0.25) is 0 Å². The lowest BCUT2D eigenvalue weighted by molar-refractivity contribution is 0.242. The van der Waals surface area contributed by atoms with Gasteiger partial charge in [0.2, 0.25) is 0 Å². The SMILES string of the molecule is CC(C)Oc1ccc(I)cc1. The Morgan fingerprint density at radius 1 is 1.18 bits per heavy atom. The van der Waals surface area contributed by atoms with Crippen molar-refractivity contribution >= 4 is 22.6 Å². The molecule has 1 aromatic rings. The van der Waals surface area contributed by atoms with Crippen LogP contribution in [-0.2, 0) is 0 Å². The molecule has 0 unspecified atom stereocenters. The lowest BCUT2D eigenvalue weighted by Gasteiger charge is -2.08. The van der Waals surface area contributed by atoms with Gasteiger partial charge in [0, 0.05) is 3.57 Å². The predicted octanol–water partition coefficient (Wildman–Crippen LogP) is 3.08. The molecule has 0 spiro atoms. The standard InChI is InChI=1S/C9H11IO/c1-7(2)11-9-5-3-8(10)4-6-9/h3-7H,1-2H3. The van der Waals surface area contributed by atoms with Crippen molar-refractivity contribution in [3.63, 3.8) is 0 Å². The largest absolute Gasteiger partial charge is 0.491 e. The van der Waals surface area contributed by atoms with Crippen molar-refractivity contribution in [3.8, 4) is 5.75 Å². The number of halogens is 1. The highest BCUT2D eigenvalue weighted by Gasteiger charge is 1.95. The average molecular weight is 262 g/mol. The van der Waals surface area contributed by atoms with Crippen molar-refractivity contribution < 1.29 is 4.74 Å². The van der Waals surface area contributed by atoms with Gasteiger partial charge >= 0.3 is 0 Å². The average Bonchev–Trinajstić information content (AvgIpc) is 1.93. The fourth-order valence-electron chi connectivity index (χ4n) is 0.785. The van der Waals surface area contributed by atoms with Gasteiger partial charge in [-0.2, -0.15) is 0 Å². The lowest BCUT2D eigenvalue weighted by Crippen LogP contribution is -2.05. The van der Waals surface area contributed by atoms with Crippen molar-refractivity contribution in [1.82, 2.24) is 0 Å². The summed E-state index contributed by atoms with van der Waals surface area (Å²) in [4.78, 5) is 0. The van der Waals surface area contributed by atoms with Crippen LogP contribution in [0.15, 0.2) is 24.3 Å². The highest BCUT2D eigenvalue weighted by molar-refractivity contribution is 14.1. The Hall–Kier alpha value is -0.250. The van der Waals surface area contributed by atoms with Crippen LogP contribution >= 0.6 is 22.6 Å². The molecule has 0 saturated carbocycles. The molecule has 0 aliphatic rings. The van der Waals surface area contributed by atoms with Crippen LogP contribution in [-0.4, -0.2) is 6.10 Å². The van der Waals surface area contributed by atoms with Gasteiger partial charge in [-0.05, 0) is 60.7 Å². The topological polar surface area (TPSA) is 9.23 Å². The predicted molar refractivity (Wildman–Crippen MR) is 54.9 cm³/mol. The van der Waals surface area contributed by atoms with Gasteiger partial charge < -0.3 is 4.74 Å². The van der Waals surface area contributed by atoms with Crippen molar-refractivity contribution in [2.45, 2.75) is 20.0 Å². The summed E-state index contributed by atoms with van der Waals surface area (Å²) in [7, 11) is 0. The summed E-state index contributed by atoms with van der Waals surface area (Å²) in [5.41, 5.74) is 0. The minimum atomic E-state index is 0.259. The van der Waals surface area contributed by atoms with Crippen LogP contribution in [0.2, 0.25) is 0 Å². The van der Waals surface area contributed by atoms with Crippen molar-refractivity contribution in [2.75, 3.05) is 0 Å². The summed E-state index contributed by atoms with van der Waals surface area (Å²) in [6.45, 7) is 4.05. The van der Waals surface area contributed by atoms with Crippen molar-refractivity contribution in [3.05, 3.63) is 27.8 Å². The highest BCUT2D eigenvalue weighted by atomic mass is 127. The molecule has 0 saturated heterocycles. The van der Waals surface area contributed by atoms with Crippen LogP contribution in [0, 0.1) is 3.57 Å². The van der Waals surface area contributed by atoms with Gasteiger partial charge in [-0.1, -0.05) is 0 Å². The Labute approximate surface area is 80.9 Å². The van der Waals surface area contributed by atoms with Gasteiger partial charge in [-0.15, -0.1) is 0 Å². The number of ether oxygens (including phenoxy) is 1. The monoisotopic (exact) mass is 262 g/mol. The van der Waals surface area contributed by atoms with Crippen LogP contribution < -0.4 is 4.74 Å². The van der Waals surface area contributed by atoms with Crippen LogP contribution in [0.1, 0.15) is 13.8 Å². The molecular formula is C9H11IO. The second-order valence-corrected chi connectivity index (χ2v) is 3.87. The fraction of sp³-hybridized carbons (Fsp3) is 0.333. The van der Waals surface area contributed by atoms with Gasteiger partial charge in [0.25, 0.3) is 0 Å². The van der Waals surface area contributed by atoms with Crippen molar-refractivity contribution in [2.24, 2.45) is 0 Å². The molecule has 0 atom stereocenters. The third-order valence-corrected chi connectivity index (χ3v) is 1.90. The zero-order valence-electron chi connectivity index (χ0n) is 6.67. The summed E-state index contributed by atoms with van der Waals surface area (Å²) in [6, 6.07) is 8.06. The molecule has 0 aliphatic heterocycles. The maximum atomic E-state index is 5.47. The molecule has 1 nitrogen and oxygen atoms in total. The molecule has 0 bridgehead atoms. The first-order valence-electron chi connectivity index (χ1n) is 3.60. The zero-order chi connectivity index (χ0) is 8.27. The van der Waals surface area contributed by atoms with Gasteiger partial charge in [-0.25, -0.2) is 0 Å². The van der Waals surface area contributed by atoms with E-state index in [0.717, 1.165) is 5.75 Å². The molecule has 0 amide bonds. The minimum absolute atomic E-state index is 0.259. The summed E-state index contributed by atoms with van der Waals surface area (Å²) >= 11 is 2.27. The first kappa shape index (κ1) is 8.84. The summed E-state index contributed by atoms with van der Waals surface area (Å²) in [5, 5.41) is 0. The Morgan fingerprint density at radius 2 is 1.73 bits per heavy atom. The minimum Gasteiger partial charge on any atom is -0.491 e. The Morgan fingerprint density at radius 3 is 2.18 bits per heavy atom. The third-order valence-electron chi connectivity index (χ3n) is 1.19. The molecule has 0 radical (unpaired) electrons. The Balaban J connectivity index is 2.66. The van der Waals surface area contributed by atoms with E-state index in [1.165, 1.54) is 3.57 Å². The normalized spacial score (nSPS) is 10.2. The van der Waals surface area contributed by atoms with E-state index in [-0.39, 0.29) is 6.10 Å². The quantitative estimate of drug-likeness (QED) is 0.744. The highest BCUT2D eigenvalue weighted by Crippen LogP contribution is 2.14. The molecule has 0 aliphatic carbocycles. The van der Waals surface area contributed by atoms with Crippen molar-refractivity contribution in [1.29, 1.82) is 0 Å². The first-order valence-corrected chi connectivity index (χ1v) is 4.68. The Bertz CT molecular complexity index is 216.